The van der Waals surface area contributed by atoms with Crippen LogP contribution in [0.25, 0.3) is 0 Å². The third-order valence-corrected chi connectivity index (χ3v) is 3.30. The Bertz CT molecular complexity index is 404. The van der Waals surface area contributed by atoms with E-state index in [1.165, 1.54) is 0 Å². The van der Waals surface area contributed by atoms with Crippen molar-refractivity contribution in [3.8, 4) is 5.75 Å². The highest BCUT2D eigenvalue weighted by Gasteiger charge is 2.14. The fourth-order valence-corrected chi connectivity index (χ4v) is 2.17. The summed E-state index contributed by atoms with van der Waals surface area (Å²) >= 11 is 0. The van der Waals surface area contributed by atoms with Crippen molar-refractivity contribution in [3.63, 3.8) is 0 Å². The minimum atomic E-state index is 0.422. The molecule has 1 aliphatic rings. The molecule has 0 bridgehead atoms. The Balaban J connectivity index is 1.95. The van der Waals surface area contributed by atoms with Crippen molar-refractivity contribution in [1.82, 2.24) is 0 Å². The number of hydrogen-bond donors (Lipinski definition) is 1. The quantitative estimate of drug-likeness (QED) is 0.813. The lowest BCUT2D eigenvalue weighted by atomic mass is 9.85. The van der Waals surface area contributed by atoms with Crippen LogP contribution in [0.5, 0.6) is 5.75 Å². The Morgan fingerprint density at radius 2 is 1.88 bits per heavy atom. The van der Waals surface area contributed by atoms with Crippen LogP contribution in [0.1, 0.15) is 18.9 Å². The van der Waals surface area contributed by atoms with Gasteiger partial charge in [0.2, 0.25) is 0 Å². The van der Waals surface area contributed by atoms with E-state index in [9.17, 15) is 5.11 Å². The number of aromatic hydroxyl groups is 1. The number of aryl methyl sites for hydroxylation is 1. The third-order valence-electron chi connectivity index (χ3n) is 3.30. The summed E-state index contributed by atoms with van der Waals surface area (Å²) in [6, 6.07) is 7.61. The Morgan fingerprint density at radius 1 is 1.12 bits per heavy atom. The zero-order chi connectivity index (χ0) is 11.4. The first kappa shape index (κ1) is 11.0. The van der Waals surface area contributed by atoms with Crippen LogP contribution in [0, 0.1) is 11.8 Å². The predicted molar refractivity (Wildman–Crippen MR) is 67.4 cm³/mol. The molecule has 0 heterocycles. The summed E-state index contributed by atoms with van der Waals surface area (Å²) in [4.78, 5) is 0. The van der Waals surface area contributed by atoms with Gasteiger partial charge in [0, 0.05) is 0 Å². The van der Waals surface area contributed by atoms with E-state index in [0.29, 0.717) is 17.6 Å². The molecule has 0 saturated heterocycles. The molecule has 2 unspecified atom stereocenters. The number of phenols is 1. The zero-order valence-electron chi connectivity index (χ0n) is 9.63. The summed E-state index contributed by atoms with van der Waals surface area (Å²) in [5, 5.41) is 9.67. The highest BCUT2D eigenvalue weighted by atomic mass is 16.3. The van der Waals surface area contributed by atoms with Crippen molar-refractivity contribution in [2.24, 2.45) is 11.8 Å². The first-order valence-electron chi connectivity index (χ1n) is 5.89. The van der Waals surface area contributed by atoms with Crippen molar-refractivity contribution < 1.29 is 5.11 Å². The summed E-state index contributed by atoms with van der Waals surface area (Å²) < 4.78 is 0. The van der Waals surface area contributed by atoms with Gasteiger partial charge in [0.25, 0.3) is 0 Å². The van der Waals surface area contributed by atoms with Gasteiger partial charge in [-0.15, -0.1) is 0 Å². The predicted octanol–water partition coefficient (Wildman–Crippen LogP) is 3.70. The average Bonchev–Trinajstić information content (AvgIpc) is 2.30. The minimum Gasteiger partial charge on any atom is -0.508 e. The summed E-state index contributed by atoms with van der Waals surface area (Å²) in [6.07, 6.45) is 10.8. The maximum Gasteiger partial charge on any atom is 0.118 e. The molecule has 0 amide bonds. The van der Waals surface area contributed by atoms with E-state index in [1.54, 1.807) is 6.07 Å². The van der Waals surface area contributed by atoms with E-state index in [-0.39, 0.29) is 0 Å². The number of phenolic OH excluding ortho intramolecular Hbond substituents is 1. The molecule has 1 aromatic carbocycles. The molecular formula is C15H18O. The highest BCUT2D eigenvalue weighted by Crippen LogP contribution is 2.26. The van der Waals surface area contributed by atoms with Crippen LogP contribution < -0.4 is 0 Å². The number of allylic oxidation sites excluding steroid dienone is 4. The topological polar surface area (TPSA) is 20.2 Å². The van der Waals surface area contributed by atoms with Gasteiger partial charge in [-0.2, -0.15) is 0 Å². The maximum atomic E-state index is 9.67. The average molecular weight is 214 g/mol. The second-order valence-corrected chi connectivity index (χ2v) is 4.46. The molecule has 0 aromatic heterocycles. The summed E-state index contributed by atoms with van der Waals surface area (Å²) in [5.41, 5.74) is 1.05. The molecule has 0 aliphatic heterocycles. The van der Waals surface area contributed by atoms with E-state index in [2.05, 4.69) is 31.2 Å². The van der Waals surface area contributed by atoms with Crippen molar-refractivity contribution in [2.45, 2.75) is 19.8 Å². The molecule has 0 radical (unpaired) electrons. The minimum absolute atomic E-state index is 0.422. The van der Waals surface area contributed by atoms with Gasteiger partial charge in [0.1, 0.15) is 5.75 Å². The standard InChI is InChI=1S/C15H18O/c1-12-6-2-3-7-13(12)10-11-14-8-4-5-9-15(14)16/h2-9,12-13,16H,10-11H2,1H3. The molecule has 2 atom stereocenters. The lowest BCUT2D eigenvalue weighted by Crippen LogP contribution is -2.10. The van der Waals surface area contributed by atoms with Crippen LogP contribution in [0.2, 0.25) is 0 Å². The van der Waals surface area contributed by atoms with Gasteiger partial charge in [0.05, 0.1) is 0 Å². The summed E-state index contributed by atoms with van der Waals surface area (Å²) in [5.74, 6) is 1.63. The van der Waals surface area contributed by atoms with Crippen molar-refractivity contribution in [3.05, 3.63) is 54.1 Å². The van der Waals surface area contributed by atoms with Crippen molar-refractivity contribution in [1.29, 1.82) is 0 Å². The Kier molecular flexibility index (Phi) is 3.45. The second-order valence-electron chi connectivity index (χ2n) is 4.46. The molecule has 0 saturated carbocycles. The summed E-state index contributed by atoms with van der Waals surface area (Å²) in [7, 11) is 0. The Labute approximate surface area is 97.1 Å². The fraction of sp³-hybridized carbons (Fsp3) is 0.333. The Morgan fingerprint density at radius 3 is 2.62 bits per heavy atom. The number of para-hydroxylation sites is 1. The second kappa shape index (κ2) is 5.02. The molecule has 1 aromatic rings. The third kappa shape index (κ3) is 2.54. The smallest absolute Gasteiger partial charge is 0.118 e. The molecule has 1 aliphatic carbocycles. The van der Waals surface area contributed by atoms with Gasteiger partial charge >= 0.3 is 0 Å². The van der Waals surface area contributed by atoms with Gasteiger partial charge in [-0.1, -0.05) is 49.4 Å². The molecule has 1 N–H and O–H groups in total. The van der Waals surface area contributed by atoms with E-state index in [0.717, 1.165) is 18.4 Å². The van der Waals surface area contributed by atoms with Crippen molar-refractivity contribution >= 4 is 0 Å². The van der Waals surface area contributed by atoms with Gasteiger partial charge in [-0.25, -0.2) is 0 Å². The van der Waals surface area contributed by atoms with E-state index < -0.39 is 0 Å². The van der Waals surface area contributed by atoms with Crippen LogP contribution >= 0.6 is 0 Å². The zero-order valence-corrected chi connectivity index (χ0v) is 9.63. The Hall–Kier alpha value is -1.50. The monoisotopic (exact) mass is 214 g/mol. The maximum absolute atomic E-state index is 9.67. The van der Waals surface area contributed by atoms with Crippen LogP contribution in [0.4, 0.5) is 0 Å². The van der Waals surface area contributed by atoms with Crippen LogP contribution in [-0.2, 0) is 6.42 Å². The molecule has 16 heavy (non-hydrogen) atoms. The first-order valence-corrected chi connectivity index (χ1v) is 5.89. The van der Waals surface area contributed by atoms with Gasteiger partial charge < -0.3 is 5.11 Å². The van der Waals surface area contributed by atoms with Gasteiger partial charge in [-0.3, -0.25) is 0 Å². The van der Waals surface area contributed by atoms with Crippen LogP contribution in [0.3, 0.4) is 0 Å². The van der Waals surface area contributed by atoms with E-state index in [1.807, 2.05) is 18.2 Å². The SMILES string of the molecule is CC1C=CC=CC1CCc1ccccc1O. The van der Waals surface area contributed by atoms with E-state index in [4.69, 9.17) is 0 Å². The molecule has 0 fully saturated rings. The van der Waals surface area contributed by atoms with E-state index >= 15 is 0 Å². The number of rotatable bonds is 3. The van der Waals surface area contributed by atoms with Crippen molar-refractivity contribution in [2.75, 3.05) is 0 Å². The fourth-order valence-electron chi connectivity index (χ4n) is 2.17. The molecule has 2 rings (SSSR count). The molecular weight excluding hydrogens is 196 g/mol. The van der Waals surface area contributed by atoms with Crippen LogP contribution in [-0.4, -0.2) is 5.11 Å². The lowest BCUT2D eigenvalue weighted by molar-refractivity contribution is 0.448. The first-order chi connectivity index (χ1) is 7.77. The van der Waals surface area contributed by atoms with Gasteiger partial charge in [-0.05, 0) is 36.3 Å². The highest BCUT2D eigenvalue weighted by molar-refractivity contribution is 5.32. The van der Waals surface area contributed by atoms with Crippen LogP contribution in [0.15, 0.2) is 48.6 Å². The molecule has 1 nitrogen and oxygen atoms in total. The summed E-state index contributed by atoms with van der Waals surface area (Å²) in [6.45, 7) is 2.25. The normalized spacial score (nSPS) is 23.6. The number of benzene rings is 1. The molecule has 0 spiro atoms. The largest absolute Gasteiger partial charge is 0.508 e. The lowest BCUT2D eigenvalue weighted by Gasteiger charge is -2.20. The van der Waals surface area contributed by atoms with Gasteiger partial charge in [0.15, 0.2) is 0 Å². The number of hydrogen-bond acceptors (Lipinski definition) is 1. The molecule has 84 valence electrons. The molecule has 1 heteroatoms.